The van der Waals surface area contributed by atoms with Crippen LogP contribution in [0.1, 0.15) is 87.7 Å². The second-order valence-corrected chi connectivity index (χ2v) is 16.0. The molecule has 192 valence electrons. The fourth-order valence-corrected chi connectivity index (χ4v) is 5.94. The molecule has 0 saturated carbocycles. The Kier molecular flexibility index (Phi) is 10.1. The highest BCUT2D eigenvalue weighted by Crippen LogP contribution is 2.46. The predicted octanol–water partition coefficient (Wildman–Crippen LogP) is 8.18. The Labute approximate surface area is 216 Å². The first-order valence-corrected chi connectivity index (χ1v) is 17.2. The Morgan fingerprint density at radius 1 is 0.800 bits per heavy atom. The number of ether oxygens (including phenoxy) is 1. The van der Waals surface area contributed by atoms with Gasteiger partial charge in [-0.05, 0) is 78.8 Å². The Bertz CT molecular complexity index is 987. The molecule has 0 spiro atoms. The van der Waals surface area contributed by atoms with Gasteiger partial charge >= 0.3 is 0 Å². The van der Waals surface area contributed by atoms with E-state index in [9.17, 15) is 4.79 Å². The summed E-state index contributed by atoms with van der Waals surface area (Å²) in [4.78, 5) is 11.8. The van der Waals surface area contributed by atoms with Crippen LogP contribution in [0, 0.1) is 10.8 Å². The number of rotatable bonds is 10. The fourth-order valence-electron chi connectivity index (χ4n) is 4.04. The van der Waals surface area contributed by atoms with Crippen LogP contribution in [0.15, 0.2) is 42.5 Å². The molecule has 0 heterocycles. The molecule has 2 atom stereocenters. The van der Waals surface area contributed by atoms with Gasteiger partial charge in [-0.1, -0.05) is 65.8 Å². The molecule has 6 heteroatoms. The van der Waals surface area contributed by atoms with Crippen LogP contribution in [0.25, 0.3) is 0 Å². The zero-order valence-corrected chi connectivity index (χ0v) is 25.5. The maximum atomic E-state index is 11.8. The van der Waals surface area contributed by atoms with E-state index in [4.69, 9.17) is 13.6 Å². The molecule has 0 aromatic heterocycles. The first-order valence-electron chi connectivity index (χ1n) is 12.4. The number of hydrogen-bond donors (Lipinski definition) is 0. The third-order valence-corrected chi connectivity index (χ3v) is 7.06. The molecule has 2 aromatic rings. The van der Waals surface area contributed by atoms with Gasteiger partial charge in [-0.15, -0.1) is 0 Å². The van der Waals surface area contributed by atoms with Gasteiger partial charge in [0, 0.05) is 5.56 Å². The first kappa shape index (κ1) is 29.5. The average molecular weight is 513 g/mol. The molecule has 0 aliphatic carbocycles. The molecule has 0 aliphatic rings. The van der Waals surface area contributed by atoms with E-state index in [0.717, 1.165) is 16.9 Å². The van der Waals surface area contributed by atoms with E-state index in [1.165, 1.54) is 5.56 Å². The normalized spacial score (nSPS) is 14.3. The van der Waals surface area contributed by atoms with Crippen molar-refractivity contribution in [1.29, 1.82) is 0 Å². The molecule has 2 unspecified atom stereocenters. The number of ketones is 1. The van der Waals surface area contributed by atoms with Crippen LogP contribution in [-0.2, 0) is 15.5 Å². The topological polar surface area (TPSA) is 44.8 Å². The van der Waals surface area contributed by atoms with Crippen molar-refractivity contribution in [3.63, 3.8) is 0 Å². The smallest absolute Gasteiger partial charge is 0.205 e. The lowest BCUT2D eigenvalue weighted by molar-refractivity contribution is 0.0653. The first-order chi connectivity index (χ1) is 16.1. The number of carbonyl (C=O) groups is 1. The lowest BCUT2D eigenvalue weighted by Gasteiger charge is -2.39. The Balaban J connectivity index is 2.55. The van der Waals surface area contributed by atoms with E-state index < -0.39 is 18.1 Å². The molecular weight excluding hydrogens is 468 g/mol. The number of Topliss-reactive ketones (excluding diaryl/α,β-unsaturated/α-hetero) is 1. The minimum absolute atomic E-state index is 0.0412. The summed E-state index contributed by atoms with van der Waals surface area (Å²) in [5.41, 5.74) is 3.82. The fraction of sp³-hybridized carbons (Fsp3) is 0.552. The van der Waals surface area contributed by atoms with Gasteiger partial charge in [-0.25, -0.2) is 0 Å². The molecule has 0 N–H and O–H groups in total. The van der Waals surface area contributed by atoms with Gasteiger partial charge < -0.3 is 13.6 Å². The maximum Gasteiger partial charge on any atom is 0.205 e. The second kappa shape index (κ2) is 12.0. The second-order valence-electron chi connectivity index (χ2n) is 11.9. The SMILES string of the molecule is CC(=O)c1cccc(COc2ccc(C(O[Si](C)C)C(C)(C)C)c(C(O[Si](C)C)C(C)(C)C)c2)c1. The van der Waals surface area contributed by atoms with Gasteiger partial charge in [0.25, 0.3) is 0 Å². The molecule has 0 fully saturated rings. The van der Waals surface area contributed by atoms with Crippen molar-refractivity contribution >= 4 is 23.9 Å². The zero-order valence-electron chi connectivity index (χ0n) is 23.5. The minimum Gasteiger partial charge on any atom is -0.489 e. The molecule has 35 heavy (non-hydrogen) atoms. The lowest BCUT2D eigenvalue weighted by atomic mass is 9.77. The van der Waals surface area contributed by atoms with Gasteiger partial charge in [0.15, 0.2) is 5.78 Å². The third-order valence-electron chi connectivity index (χ3n) is 5.64. The lowest BCUT2D eigenvalue weighted by Crippen LogP contribution is -2.31. The molecule has 0 bridgehead atoms. The van der Waals surface area contributed by atoms with Gasteiger partial charge in [0.2, 0.25) is 18.1 Å². The van der Waals surface area contributed by atoms with E-state index in [2.05, 4.69) is 79.9 Å². The van der Waals surface area contributed by atoms with Crippen LogP contribution in [0.2, 0.25) is 26.2 Å². The van der Waals surface area contributed by atoms with Crippen molar-refractivity contribution in [3.05, 3.63) is 64.7 Å². The van der Waals surface area contributed by atoms with Crippen molar-refractivity contribution in [2.24, 2.45) is 10.8 Å². The molecule has 4 nitrogen and oxygen atoms in total. The third kappa shape index (κ3) is 8.70. The summed E-state index contributed by atoms with van der Waals surface area (Å²) >= 11 is 0. The Hall–Kier alpha value is -1.74. The molecule has 2 radical (unpaired) electrons. The van der Waals surface area contributed by atoms with Crippen LogP contribution >= 0.6 is 0 Å². The van der Waals surface area contributed by atoms with Crippen LogP contribution in [0.5, 0.6) is 5.75 Å². The molecular formula is C29H44O4Si2. The summed E-state index contributed by atoms with van der Waals surface area (Å²) in [6, 6.07) is 14.0. The average Bonchev–Trinajstić information content (AvgIpc) is 2.73. The van der Waals surface area contributed by atoms with E-state index in [1.54, 1.807) is 6.92 Å². The molecule has 0 aliphatic heterocycles. The van der Waals surface area contributed by atoms with Crippen LogP contribution in [0.4, 0.5) is 0 Å². The van der Waals surface area contributed by atoms with Crippen molar-refractivity contribution < 1.29 is 18.4 Å². The summed E-state index contributed by atoms with van der Waals surface area (Å²) in [5, 5.41) is 0. The van der Waals surface area contributed by atoms with Crippen molar-refractivity contribution in [2.75, 3.05) is 0 Å². The monoisotopic (exact) mass is 512 g/mol. The van der Waals surface area contributed by atoms with Crippen molar-refractivity contribution in [1.82, 2.24) is 0 Å². The highest BCUT2D eigenvalue weighted by molar-refractivity contribution is 6.48. The van der Waals surface area contributed by atoms with Crippen molar-refractivity contribution in [3.8, 4) is 5.75 Å². The predicted molar refractivity (Wildman–Crippen MR) is 149 cm³/mol. The van der Waals surface area contributed by atoms with Crippen molar-refractivity contribution in [2.45, 2.75) is 93.5 Å². The summed E-state index contributed by atoms with van der Waals surface area (Å²) in [6.45, 7) is 24.1. The number of benzene rings is 2. The van der Waals surface area contributed by atoms with Crippen LogP contribution in [-0.4, -0.2) is 23.9 Å². The Morgan fingerprint density at radius 3 is 1.83 bits per heavy atom. The quantitative estimate of drug-likeness (QED) is 0.238. The summed E-state index contributed by atoms with van der Waals surface area (Å²) in [6.07, 6.45) is -0.121. The molecule has 2 aromatic carbocycles. The standard InChI is InChI=1S/C29H44O4Si2/c1-20(30)22-14-12-13-21(17-22)19-31-23-15-16-24(26(28(2,3)4)32-34(8)9)25(18-23)27(29(5,6)7)33-35(10)11/h12-18,26-27H,19H2,1-11H3. The molecule has 0 amide bonds. The number of hydrogen-bond acceptors (Lipinski definition) is 4. The largest absolute Gasteiger partial charge is 0.489 e. The number of carbonyl (C=O) groups excluding carboxylic acids is 1. The summed E-state index contributed by atoms with van der Waals surface area (Å²) in [7, 11) is -1.87. The van der Waals surface area contributed by atoms with Gasteiger partial charge in [-0.2, -0.15) is 0 Å². The van der Waals surface area contributed by atoms with Gasteiger partial charge in [0.1, 0.15) is 12.4 Å². The molecule has 2 rings (SSSR count). The van der Waals surface area contributed by atoms with E-state index >= 15 is 0 Å². The van der Waals surface area contributed by atoms with E-state index in [1.807, 2.05) is 30.3 Å². The Morgan fingerprint density at radius 2 is 1.34 bits per heavy atom. The van der Waals surface area contributed by atoms with E-state index in [0.29, 0.717) is 12.2 Å². The van der Waals surface area contributed by atoms with E-state index in [-0.39, 0.29) is 28.8 Å². The van der Waals surface area contributed by atoms with Gasteiger partial charge in [-0.3, -0.25) is 4.79 Å². The highest BCUT2D eigenvalue weighted by Gasteiger charge is 2.36. The van der Waals surface area contributed by atoms with Gasteiger partial charge in [0.05, 0.1) is 12.2 Å². The molecule has 0 saturated heterocycles. The van der Waals surface area contributed by atoms with Crippen LogP contribution in [0.3, 0.4) is 0 Å². The minimum atomic E-state index is -0.950. The summed E-state index contributed by atoms with van der Waals surface area (Å²) < 4.78 is 19.5. The van der Waals surface area contributed by atoms with Crippen LogP contribution < -0.4 is 4.74 Å². The zero-order chi connectivity index (χ0) is 26.6. The summed E-state index contributed by atoms with van der Waals surface area (Å²) in [5.74, 6) is 0.850. The highest BCUT2D eigenvalue weighted by atomic mass is 28.3. The maximum absolute atomic E-state index is 11.8.